The van der Waals surface area contributed by atoms with E-state index in [1.165, 1.54) is 38.5 Å². The van der Waals surface area contributed by atoms with E-state index in [9.17, 15) is 0 Å². The molecule has 0 aromatic carbocycles. The number of hydrogen-bond donors (Lipinski definition) is 0. The van der Waals surface area contributed by atoms with Crippen molar-refractivity contribution >= 4 is 30.7 Å². The van der Waals surface area contributed by atoms with Crippen LogP contribution in [0.3, 0.4) is 0 Å². The third kappa shape index (κ3) is 3.16. The Kier molecular flexibility index (Phi) is 4.64. The molecule has 0 saturated carbocycles. The van der Waals surface area contributed by atoms with E-state index in [1.54, 1.807) is 9.19 Å². The van der Waals surface area contributed by atoms with Gasteiger partial charge in [-0.3, -0.25) is 0 Å². The number of fused-ring (bicyclic) bond motifs is 2. The zero-order valence-electron chi connectivity index (χ0n) is 14.2. The average Bonchev–Trinajstić information content (AvgIpc) is 2.91. The maximum absolute atomic E-state index is 2.58. The molecule has 2 aliphatic rings. The standard InChI is InChI=1S/C15H21BN.3CH3.Sn/c1-2-15(17-11-3-4-12-17)16-13-7-5-8-14(16)10-6-9-13;;;;/h3-4,11-14H,5-10H2,1H3;3*1H3;. The Morgan fingerprint density at radius 1 is 0.952 bits per heavy atom. The number of nitrogens with zero attached hydrogens (tertiary/aromatic N) is 1. The number of hydrogen-bond acceptors (Lipinski definition) is 0. The van der Waals surface area contributed by atoms with Gasteiger partial charge in [0.25, 0.3) is 0 Å². The fourth-order valence-corrected chi connectivity index (χ4v) is 7.66. The molecule has 1 nitrogen and oxygen atoms in total. The molecule has 0 amide bonds. The van der Waals surface area contributed by atoms with Crippen LogP contribution < -0.4 is 0 Å². The van der Waals surface area contributed by atoms with Crippen molar-refractivity contribution in [2.45, 2.75) is 71.9 Å². The molecule has 2 bridgehead atoms. The second-order valence-corrected chi connectivity index (χ2v) is 23.2. The van der Waals surface area contributed by atoms with Crippen molar-refractivity contribution in [1.29, 1.82) is 0 Å². The summed E-state index contributed by atoms with van der Waals surface area (Å²) in [5.74, 6) is 1.91. The van der Waals surface area contributed by atoms with Gasteiger partial charge in [0.2, 0.25) is 0 Å². The second-order valence-electron chi connectivity index (χ2n) is 8.26. The van der Waals surface area contributed by atoms with Crippen molar-refractivity contribution in [2.75, 3.05) is 0 Å². The summed E-state index contributed by atoms with van der Waals surface area (Å²) in [5.41, 5.74) is 1.72. The zero-order valence-corrected chi connectivity index (χ0v) is 17.1. The van der Waals surface area contributed by atoms with Crippen LogP contribution in [0.2, 0.25) is 26.5 Å². The van der Waals surface area contributed by atoms with Gasteiger partial charge in [-0.25, -0.2) is 0 Å². The van der Waals surface area contributed by atoms with Crippen LogP contribution in [0.5, 0.6) is 0 Å². The van der Waals surface area contributed by atoms with Crippen molar-refractivity contribution in [3.8, 4) is 0 Å². The zero-order chi connectivity index (χ0) is 15.0. The number of allylic oxidation sites excluding steroid dienone is 1. The number of rotatable bonds is 3. The van der Waals surface area contributed by atoms with E-state index in [0.29, 0.717) is 0 Å². The third-order valence-corrected chi connectivity index (χ3v) is 13.2. The molecule has 2 aliphatic heterocycles. The summed E-state index contributed by atoms with van der Waals surface area (Å²) in [6, 6.07) is 4.40. The second kappa shape index (κ2) is 6.18. The van der Waals surface area contributed by atoms with E-state index in [-0.39, 0.29) is 0 Å². The molecule has 2 saturated heterocycles. The van der Waals surface area contributed by atoms with Crippen LogP contribution in [0.4, 0.5) is 0 Å². The van der Waals surface area contributed by atoms with Gasteiger partial charge in [0.15, 0.2) is 0 Å². The molecular formula is C18H30BNSn. The molecule has 2 fully saturated rings. The fraction of sp³-hybridized carbons (Fsp3) is 0.667. The summed E-state index contributed by atoms with van der Waals surface area (Å²) in [6.45, 7) is 3.31. The predicted molar refractivity (Wildman–Crippen MR) is 97.6 cm³/mol. The predicted octanol–water partition coefficient (Wildman–Crippen LogP) is 5.74. The van der Waals surface area contributed by atoms with Gasteiger partial charge in [0.05, 0.1) is 0 Å². The van der Waals surface area contributed by atoms with Gasteiger partial charge in [-0.15, -0.1) is 0 Å². The van der Waals surface area contributed by atoms with Crippen molar-refractivity contribution < 1.29 is 0 Å². The summed E-state index contributed by atoms with van der Waals surface area (Å²) >= 11 is -2.03. The molecule has 1 aromatic heterocycles. The van der Waals surface area contributed by atoms with E-state index in [1.807, 2.05) is 0 Å². The van der Waals surface area contributed by atoms with Gasteiger partial charge in [0.1, 0.15) is 0 Å². The molecule has 3 heteroatoms. The molecular weight excluding hydrogens is 360 g/mol. The normalized spacial score (nSPS) is 27.5. The van der Waals surface area contributed by atoms with Gasteiger partial charge in [-0.1, -0.05) is 0 Å². The van der Waals surface area contributed by atoms with Crippen LogP contribution in [0, 0.1) is 0 Å². The first kappa shape index (κ1) is 15.8. The molecule has 21 heavy (non-hydrogen) atoms. The Morgan fingerprint density at radius 3 is 1.86 bits per heavy atom. The number of aromatic nitrogens is 1. The molecule has 0 atom stereocenters. The maximum atomic E-state index is 2.58. The molecule has 0 unspecified atom stereocenters. The van der Waals surface area contributed by atoms with E-state index in [0.717, 1.165) is 18.3 Å². The van der Waals surface area contributed by atoms with Gasteiger partial charge >= 0.3 is 135 Å². The van der Waals surface area contributed by atoms with Crippen molar-refractivity contribution in [3.63, 3.8) is 0 Å². The first-order valence-corrected chi connectivity index (χ1v) is 18.8. The van der Waals surface area contributed by atoms with Gasteiger partial charge < -0.3 is 0 Å². The fourth-order valence-electron chi connectivity index (χ4n) is 4.62. The van der Waals surface area contributed by atoms with Gasteiger partial charge in [0, 0.05) is 0 Å². The van der Waals surface area contributed by atoms with Gasteiger partial charge in [-0.2, -0.15) is 0 Å². The molecule has 0 N–H and O–H groups in total. The quantitative estimate of drug-likeness (QED) is 0.581. The molecule has 0 spiro atoms. The molecule has 1 aromatic rings. The van der Waals surface area contributed by atoms with Crippen LogP contribution in [-0.2, 0) is 0 Å². The van der Waals surface area contributed by atoms with Crippen LogP contribution in [-0.4, -0.2) is 29.7 Å². The first-order chi connectivity index (χ1) is 9.98. The third-order valence-electron chi connectivity index (χ3n) is 6.02. The summed E-state index contributed by atoms with van der Waals surface area (Å²) in [5, 5.41) is 0. The Morgan fingerprint density at radius 2 is 1.43 bits per heavy atom. The SMILES string of the molecule is C/[C](=C(/B1C2CCCC1CCC2)n1cccc1)[Sn]([CH3])([CH3])[CH3]. The topological polar surface area (TPSA) is 4.93 Å². The Hall–Kier alpha value is -0.116. The molecule has 3 rings (SSSR count). The molecule has 114 valence electrons. The van der Waals surface area contributed by atoms with Gasteiger partial charge in [-0.05, 0) is 0 Å². The van der Waals surface area contributed by atoms with Crippen molar-refractivity contribution in [3.05, 3.63) is 28.1 Å². The molecule has 3 heterocycles. The van der Waals surface area contributed by atoms with Crippen LogP contribution in [0.15, 0.2) is 28.1 Å². The van der Waals surface area contributed by atoms with E-state index < -0.39 is 18.4 Å². The van der Waals surface area contributed by atoms with Crippen molar-refractivity contribution in [2.24, 2.45) is 0 Å². The van der Waals surface area contributed by atoms with Crippen LogP contribution in [0.1, 0.15) is 45.4 Å². The van der Waals surface area contributed by atoms with E-state index >= 15 is 0 Å². The van der Waals surface area contributed by atoms with E-state index in [2.05, 4.69) is 50.8 Å². The minimum absolute atomic E-state index is 0.843. The van der Waals surface area contributed by atoms with Crippen LogP contribution in [0.25, 0.3) is 5.60 Å². The van der Waals surface area contributed by atoms with E-state index in [4.69, 9.17) is 0 Å². The van der Waals surface area contributed by atoms with Crippen LogP contribution >= 0.6 is 0 Å². The average molecular weight is 390 g/mol. The Balaban J connectivity index is 2.08. The molecule has 0 radical (unpaired) electrons. The Bertz CT molecular complexity index is 490. The summed E-state index contributed by atoms with van der Waals surface area (Å²) < 4.78 is 4.28. The summed E-state index contributed by atoms with van der Waals surface area (Å²) in [6.07, 6.45) is 13.4. The molecule has 0 aliphatic carbocycles. The first-order valence-electron chi connectivity index (χ1n) is 8.83. The van der Waals surface area contributed by atoms with Crippen molar-refractivity contribution in [1.82, 2.24) is 4.57 Å². The summed E-state index contributed by atoms with van der Waals surface area (Å²) in [4.78, 5) is 7.73. The minimum atomic E-state index is -2.03. The monoisotopic (exact) mass is 391 g/mol. The summed E-state index contributed by atoms with van der Waals surface area (Å²) in [7, 11) is 0. The Labute approximate surface area is 135 Å².